The molecular weight excluding hydrogens is 150 g/mol. The minimum absolute atomic E-state index is 1.02. The highest BCUT2D eigenvalue weighted by atomic mass is 15.4. The van der Waals surface area contributed by atoms with Gasteiger partial charge < -0.3 is 0 Å². The fourth-order valence-electron chi connectivity index (χ4n) is 1.08. The van der Waals surface area contributed by atoms with Crippen molar-refractivity contribution < 1.29 is 0 Å². The Hall–Kier alpha value is -1.64. The van der Waals surface area contributed by atoms with Crippen LogP contribution in [0, 0.1) is 13.1 Å². The molecule has 0 fully saturated rings. The first-order valence-electron chi connectivity index (χ1n) is 3.72. The van der Waals surface area contributed by atoms with E-state index in [0.29, 0.717) is 0 Å². The van der Waals surface area contributed by atoms with Crippen molar-refractivity contribution >= 4 is 0 Å². The zero-order valence-corrected chi connectivity index (χ0v) is 6.73. The Morgan fingerprint density at radius 2 is 2.33 bits per heavy atom. The summed E-state index contributed by atoms with van der Waals surface area (Å²) in [6.07, 6.45) is 4.35. The van der Waals surface area contributed by atoms with Gasteiger partial charge in [0.1, 0.15) is 6.20 Å². The average Bonchev–Trinajstić information content (AvgIpc) is 2.56. The summed E-state index contributed by atoms with van der Waals surface area (Å²) in [4.78, 5) is 0. The van der Waals surface area contributed by atoms with E-state index in [9.17, 15) is 0 Å². The molecule has 0 bridgehead atoms. The molecule has 0 N–H and O–H groups in total. The van der Waals surface area contributed by atoms with Crippen LogP contribution in [0.5, 0.6) is 0 Å². The Kier molecular flexibility index (Phi) is 1.63. The second-order valence-corrected chi connectivity index (χ2v) is 2.63. The van der Waals surface area contributed by atoms with Gasteiger partial charge in [0.2, 0.25) is 0 Å². The van der Waals surface area contributed by atoms with E-state index >= 15 is 0 Å². The molecule has 12 heavy (non-hydrogen) atoms. The third kappa shape index (κ3) is 1.21. The molecule has 3 heteroatoms. The standard InChI is InChI=1S/C9H8N3/c1-8-3-2-4-9(7-8)12-6-5-10-11-12/h2-4,6-7H,1H3. The van der Waals surface area contributed by atoms with Gasteiger partial charge in [-0.3, -0.25) is 0 Å². The van der Waals surface area contributed by atoms with Crippen LogP contribution in [0.2, 0.25) is 0 Å². The van der Waals surface area contributed by atoms with E-state index in [1.165, 1.54) is 5.56 Å². The minimum Gasteiger partial charge on any atom is -0.220 e. The molecule has 59 valence electrons. The van der Waals surface area contributed by atoms with Crippen molar-refractivity contribution in [3.63, 3.8) is 0 Å². The van der Waals surface area contributed by atoms with Crippen LogP contribution in [0.25, 0.3) is 5.69 Å². The predicted octanol–water partition coefficient (Wildman–Crippen LogP) is 1.38. The van der Waals surface area contributed by atoms with Crippen LogP contribution in [0.4, 0.5) is 0 Å². The maximum atomic E-state index is 3.84. The molecule has 0 saturated heterocycles. The van der Waals surface area contributed by atoms with E-state index in [0.717, 1.165) is 5.69 Å². The highest BCUT2D eigenvalue weighted by Crippen LogP contribution is 2.06. The number of aryl methyl sites for hydroxylation is 1. The SMILES string of the molecule is Cc1cccc(-n2c[c]nn2)c1. The Balaban J connectivity index is 2.48. The van der Waals surface area contributed by atoms with E-state index in [-0.39, 0.29) is 0 Å². The Labute approximate surface area is 70.6 Å². The van der Waals surface area contributed by atoms with Crippen molar-refractivity contribution in [2.45, 2.75) is 6.92 Å². The lowest BCUT2D eigenvalue weighted by atomic mass is 10.2. The van der Waals surface area contributed by atoms with Crippen molar-refractivity contribution in [1.29, 1.82) is 0 Å². The van der Waals surface area contributed by atoms with Gasteiger partial charge in [-0.1, -0.05) is 17.3 Å². The van der Waals surface area contributed by atoms with E-state index in [1.807, 2.05) is 31.2 Å². The van der Waals surface area contributed by atoms with Crippen molar-refractivity contribution in [2.75, 3.05) is 0 Å². The second-order valence-electron chi connectivity index (χ2n) is 2.63. The van der Waals surface area contributed by atoms with Gasteiger partial charge in [0.25, 0.3) is 0 Å². The van der Waals surface area contributed by atoms with Crippen molar-refractivity contribution in [3.05, 3.63) is 42.2 Å². The van der Waals surface area contributed by atoms with Crippen LogP contribution in [0.15, 0.2) is 30.5 Å². The number of nitrogens with zero attached hydrogens (tertiary/aromatic N) is 3. The van der Waals surface area contributed by atoms with Crippen molar-refractivity contribution in [2.24, 2.45) is 0 Å². The molecule has 1 aromatic heterocycles. The van der Waals surface area contributed by atoms with E-state index in [4.69, 9.17) is 0 Å². The van der Waals surface area contributed by atoms with Gasteiger partial charge in [-0.2, -0.15) is 0 Å². The largest absolute Gasteiger partial charge is 0.220 e. The summed E-state index contributed by atoms with van der Waals surface area (Å²) < 4.78 is 1.69. The van der Waals surface area contributed by atoms with Crippen molar-refractivity contribution in [1.82, 2.24) is 15.0 Å². The van der Waals surface area contributed by atoms with Gasteiger partial charge in [0, 0.05) is 0 Å². The lowest BCUT2D eigenvalue weighted by Crippen LogP contribution is -1.94. The number of aromatic nitrogens is 3. The first-order valence-corrected chi connectivity index (χ1v) is 3.72. The molecule has 3 nitrogen and oxygen atoms in total. The Morgan fingerprint density at radius 1 is 1.42 bits per heavy atom. The molecule has 0 unspecified atom stereocenters. The van der Waals surface area contributed by atoms with E-state index in [2.05, 4.69) is 16.5 Å². The molecule has 1 aromatic carbocycles. The van der Waals surface area contributed by atoms with Gasteiger partial charge in [0.15, 0.2) is 0 Å². The number of hydrogen-bond donors (Lipinski definition) is 0. The van der Waals surface area contributed by atoms with Gasteiger partial charge in [-0.15, -0.1) is 5.10 Å². The van der Waals surface area contributed by atoms with Gasteiger partial charge >= 0.3 is 0 Å². The summed E-state index contributed by atoms with van der Waals surface area (Å²) in [5, 5.41) is 7.45. The zero-order chi connectivity index (χ0) is 8.39. The second kappa shape index (κ2) is 2.77. The third-order valence-electron chi connectivity index (χ3n) is 1.65. The van der Waals surface area contributed by atoms with Crippen LogP contribution in [-0.4, -0.2) is 15.0 Å². The quantitative estimate of drug-likeness (QED) is 0.627. The Morgan fingerprint density at radius 3 is 3.00 bits per heavy atom. The van der Waals surface area contributed by atoms with Crippen LogP contribution in [0.3, 0.4) is 0 Å². The van der Waals surface area contributed by atoms with E-state index in [1.54, 1.807) is 10.9 Å². The number of hydrogen-bond acceptors (Lipinski definition) is 2. The molecule has 1 heterocycles. The molecular formula is C9H8N3. The average molecular weight is 158 g/mol. The van der Waals surface area contributed by atoms with Gasteiger partial charge in [-0.05, 0) is 24.6 Å². The topological polar surface area (TPSA) is 30.7 Å². The minimum atomic E-state index is 1.02. The fraction of sp³-hybridized carbons (Fsp3) is 0.111. The third-order valence-corrected chi connectivity index (χ3v) is 1.65. The van der Waals surface area contributed by atoms with Gasteiger partial charge in [-0.25, -0.2) is 4.68 Å². The van der Waals surface area contributed by atoms with Crippen LogP contribution in [-0.2, 0) is 0 Å². The van der Waals surface area contributed by atoms with Crippen LogP contribution >= 0.6 is 0 Å². The fourth-order valence-corrected chi connectivity index (χ4v) is 1.08. The predicted molar refractivity (Wildman–Crippen MR) is 44.9 cm³/mol. The van der Waals surface area contributed by atoms with Gasteiger partial charge in [0.05, 0.1) is 11.9 Å². The van der Waals surface area contributed by atoms with Crippen molar-refractivity contribution in [3.8, 4) is 5.69 Å². The normalized spacial score (nSPS) is 10.1. The highest BCUT2D eigenvalue weighted by Gasteiger charge is 1.95. The molecule has 1 radical (unpaired) electrons. The molecule has 0 amide bonds. The summed E-state index contributed by atoms with van der Waals surface area (Å²) in [7, 11) is 0. The molecule has 2 rings (SSSR count). The summed E-state index contributed by atoms with van der Waals surface area (Å²) in [5.74, 6) is 0. The molecule has 0 aliphatic carbocycles. The molecule has 0 aliphatic rings. The number of benzene rings is 1. The summed E-state index contributed by atoms with van der Waals surface area (Å²) in [6.45, 7) is 2.05. The smallest absolute Gasteiger partial charge is 0.135 e. The molecule has 0 aliphatic heterocycles. The molecule has 0 atom stereocenters. The summed E-state index contributed by atoms with van der Waals surface area (Å²) in [6, 6.07) is 8.06. The first kappa shape index (κ1) is 7.03. The molecule has 2 aromatic rings. The zero-order valence-electron chi connectivity index (χ0n) is 6.73. The molecule has 0 saturated carbocycles. The lowest BCUT2D eigenvalue weighted by molar-refractivity contribution is 0.802. The summed E-state index contributed by atoms with van der Waals surface area (Å²) >= 11 is 0. The maximum Gasteiger partial charge on any atom is 0.135 e. The highest BCUT2D eigenvalue weighted by molar-refractivity contribution is 5.33. The number of rotatable bonds is 1. The monoisotopic (exact) mass is 158 g/mol. The first-order chi connectivity index (χ1) is 5.86. The van der Waals surface area contributed by atoms with Crippen LogP contribution < -0.4 is 0 Å². The maximum absolute atomic E-state index is 3.84. The van der Waals surface area contributed by atoms with E-state index < -0.39 is 0 Å². The Bertz CT molecular complexity index is 365. The van der Waals surface area contributed by atoms with Crippen LogP contribution in [0.1, 0.15) is 5.56 Å². The lowest BCUT2D eigenvalue weighted by Gasteiger charge is -1.99. The molecule has 0 spiro atoms. The summed E-state index contributed by atoms with van der Waals surface area (Å²) in [5.41, 5.74) is 2.23.